The summed E-state index contributed by atoms with van der Waals surface area (Å²) in [5.74, 6) is 0.143. The molecule has 2 amide bonds. The van der Waals surface area contributed by atoms with Crippen molar-refractivity contribution in [3.63, 3.8) is 0 Å². The molecule has 1 saturated heterocycles. The number of amides is 2. The van der Waals surface area contributed by atoms with Crippen molar-refractivity contribution in [2.75, 3.05) is 20.1 Å². The standard InChI is InChI=1S/C11H20N2O2/c1-4-5-10-8-13(7-6-9(2)14)11(15)12(10)3/h10H,4-8H2,1-3H3. The maximum Gasteiger partial charge on any atom is 0.320 e. The fraction of sp³-hybridized carbons (Fsp3) is 0.818. The van der Waals surface area contributed by atoms with Gasteiger partial charge in [0.25, 0.3) is 0 Å². The van der Waals surface area contributed by atoms with Crippen molar-refractivity contribution in [3.05, 3.63) is 0 Å². The highest BCUT2D eigenvalue weighted by Gasteiger charge is 2.33. The molecule has 0 aliphatic carbocycles. The molecule has 0 saturated carbocycles. The first-order chi connectivity index (χ1) is 7.06. The van der Waals surface area contributed by atoms with Gasteiger partial charge in [0.2, 0.25) is 0 Å². The predicted octanol–water partition coefficient (Wildman–Crippen LogP) is 1.50. The lowest BCUT2D eigenvalue weighted by molar-refractivity contribution is -0.117. The molecule has 1 rings (SSSR count). The van der Waals surface area contributed by atoms with Crippen molar-refractivity contribution in [3.8, 4) is 0 Å². The molecule has 0 bridgehead atoms. The molecule has 1 fully saturated rings. The number of hydrogen-bond acceptors (Lipinski definition) is 2. The first kappa shape index (κ1) is 12.0. The minimum absolute atomic E-state index is 0.0645. The second-order valence-corrected chi connectivity index (χ2v) is 4.23. The van der Waals surface area contributed by atoms with Gasteiger partial charge in [-0.1, -0.05) is 13.3 Å². The van der Waals surface area contributed by atoms with Gasteiger partial charge in [-0.2, -0.15) is 0 Å². The SMILES string of the molecule is CCCC1CN(CCC(C)=O)C(=O)N1C. The number of likely N-dealkylation sites (N-methyl/N-ethyl adjacent to an activating group) is 1. The van der Waals surface area contributed by atoms with Crippen LogP contribution in [0.2, 0.25) is 0 Å². The van der Waals surface area contributed by atoms with Crippen LogP contribution in [-0.2, 0) is 4.79 Å². The van der Waals surface area contributed by atoms with E-state index < -0.39 is 0 Å². The van der Waals surface area contributed by atoms with Gasteiger partial charge < -0.3 is 9.80 Å². The molecule has 0 radical (unpaired) electrons. The zero-order valence-corrected chi connectivity index (χ0v) is 9.82. The Balaban J connectivity index is 2.47. The third-order valence-electron chi connectivity index (χ3n) is 2.91. The van der Waals surface area contributed by atoms with Gasteiger partial charge in [0.15, 0.2) is 0 Å². The molecule has 4 heteroatoms. The summed E-state index contributed by atoms with van der Waals surface area (Å²) in [6.07, 6.45) is 2.60. The topological polar surface area (TPSA) is 40.6 Å². The second kappa shape index (κ2) is 5.14. The van der Waals surface area contributed by atoms with Crippen molar-refractivity contribution >= 4 is 11.8 Å². The lowest BCUT2D eigenvalue weighted by atomic mass is 10.1. The molecule has 0 aromatic carbocycles. The number of urea groups is 1. The number of Topliss-reactive ketones (excluding diaryl/α,β-unsaturated/α-hetero) is 1. The Labute approximate surface area is 91.2 Å². The second-order valence-electron chi connectivity index (χ2n) is 4.23. The fourth-order valence-electron chi connectivity index (χ4n) is 1.93. The Morgan fingerprint density at radius 2 is 2.20 bits per heavy atom. The van der Waals surface area contributed by atoms with E-state index in [1.165, 1.54) is 0 Å². The van der Waals surface area contributed by atoms with Crippen LogP contribution < -0.4 is 0 Å². The number of carbonyl (C=O) groups is 2. The Morgan fingerprint density at radius 3 is 2.73 bits per heavy atom. The molecule has 1 aliphatic heterocycles. The van der Waals surface area contributed by atoms with Crippen molar-refractivity contribution < 1.29 is 9.59 Å². The van der Waals surface area contributed by atoms with Gasteiger partial charge in [-0.05, 0) is 13.3 Å². The summed E-state index contributed by atoms with van der Waals surface area (Å²) in [5, 5.41) is 0. The van der Waals surface area contributed by atoms with E-state index in [1.54, 1.807) is 16.7 Å². The summed E-state index contributed by atoms with van der Waals surface area (Å²) in [6, 6.07) is 0.393. The van der Waals surface area contributed by atoms with Gasteiger partial charge in [-0.15, -0.1) is 0 Å². The lowest BCUT2D eigenvalue weighted by Crippen LogP contribution is -2.32. The van der Waals surface area contributed by atoms with E-state index in [4.69, 9.17) is 0 Å². The third-order valence-corrected chi connectivity index (χ3v) is 2.91. The van der Waals surface area contributed by atoms with Gasteiger partial charge in [-0.25, -0.2) is 4.79 Å². The number of ketones is 1. The fourth-order valence-corrected chi connectivity index (χ4v) is 1.93. The van der Waals surface area contributed by atoms with E-state index >= 15 is 0 Å². The van der Waals surface area contributed by atoms with E-state index in [0.717, 1.165) is 19.4 Å². The van der Waals surface area contributed by atoms with E-state index in [2.05, 4.69) is 6.92 Å². The summed E-state index contributed by atoms with van der Waals surface area (Å²) in [7, 11) is 1.84. The summed E-state index contributed by atoms with van der Waals surface area (Å²) < 4.78 is 0. The van der Waals surface area contributed by atoms with Crippen LogP contribution >= 0.6 is 0 Å². The molecule has 1 unspecified atom stereocenters. The number of hydrogen-bond donors (Lipinski definition) is 0. The monoisotopic (exact) mass is 212 g/mol. The molecule has 15 heavy (non-hydrogen) atoms. The average molecular weight is 212 g/mol. The van der Waals surface area contributed by atoms with Crippen LogP contribution in [-0.4, -0.2) is 47.8 Å². The largest absolute Gasteiger partial charge is 0.323 e. The number of nitrogens with zero attached hydrogens (tertiary/aromatic N) is 2. The predicted molar refractivity (Wildman–Crippen MR) is 58.7 cm³/mol. The van der Waals surface area contributed by atoms with Crippen LogP contribution in [0.25, 0.3) is 0 Å². The highest BCUT2D eigenvalue weighted by molar-refractivity contribution is 5.79. The zero-order valence-electron chi connectivity index (χ0n) is 9.82. The molecule has 86 valence electrons. The van der Waals surface area contributed by atoms with Gasteiger partial charge in [-0.3, -0.25) is 4.79 Å². The van der Waals surface area contributed by atoms with Crippen molar-refractivity contribution in [2.24, 2.45) is 0 Å². The van der Waals surface area contributed by atoms with Crippen LogP contribution in [0.4, 0.5) is 4.79 Å². The summed E-state index contributed by atoms with van der Waals surface area (Å²) >= 11 is 0. The van der Waals surface area contributed by atoms with Crippen molar-refractivity contribution in [1.29, 1.82) is 0 Å². The van der Waals surface area contributed by atoms with Crippen LogP contribution in [0.1, 0.15) is 33.1 Å². The maximum absolute atomic E-state index is 11.7. The Kier molecular flexibility index (Phi) is 4.12. The highest BCUT2D eigenvalue weighted by atomic mass is 16.2. The number of carbonyl (C=O) groups excluding carboxylic acids is 2. The van der Waals surface area contributed by atoms with E-state index in [0.29, 0.717) is 19.0 Å². The molecule has 0 aromatic heterocycles. The van der Waals surface area contributed by atoms with Crippen LogP contribution in [0.15, 0.2) is 0 Å². The lowest BCUT2D eigenvalue weighted by Gasteiger charge is -2.16. The molecular formula is C11H20N2O2. The first-order valence-corrected chi connectivity index (χ1v) is 5.57. The van der Waals surface area contributed by atoms with Crippen LogP contribution in [0.5, 0.6) is 0 Å². The maximum atomic E-state index is 11.7. The molecule has 1 atom stereocenters. The average Bonchev–Trinajstić information content (AvgIpc) is 2.44. The van der Waals surface area contributed by atoms with Gasteiger partial charge in [0, 0.05) is 26.6 Å². The zero-order chi connectivity index (χ0) is 11.4. The van der Waals surface area contributed by atoms with Crippen molar-refractivity contribution in [2.45, 2.75) is 39.2 Å². The Hall–Kier alpha value is -1.06. The van der Waals surface area contributed by atoms with Gasteiger partial charge in [0.1, 0.15) is 5.78 Å². The van der Waals surface area contributed by atoms with Gasteiger partial charge in [0.05, 0.1) is 6.04 Å². The smallest absolute Gasteiger partial charge is 0.320 e. The Morgan fingerprint density at radius 1 is 1.53 bits per heavy atom. The number of rotatable bonds is 5. The van der Waals surface area contributed by atoms with E-state index in [9.17, 15) is 9.59 Å². The first-order valence-electron chi connectivity index (χ1n) is 5.57. The molecule has 0 spiro atoms. The minimum atomic E-state index is 0.0645. The summed E-state index contributed by atoms with van der Waals surface area (Å²) in [6.45, 7) is 5.03. The summed E-state index contributed by atoms with van der Waals surface area (Å²) in [5.41, 5.74) is 0. The van der Waals surface area contributed by atoms with E-state index in [-0.39, 0.29) is 11.8 Å². The molecule has 0 aromatic rings. The Bertz CT molecular complexity index is 253. The van der Waals surface area contributed by atoms with E-state index in [1.807, 2.05) is 7.05 Å². The van der Waals surface area contributed by atoms with Crippen LogP contribution in [0, 0.1) is 0 Å². The molecule has 1 heterocycles. The van der Waals surface area contributed by atoms with Crippen LogP contribution in [0.3, 0.4) is 0 Å². The molecule has 4 nitrogen and oxygen atoms in total. The normalized spacial score (nSPS) is 21.3. The summed E-state index contributed by atoms with van der Waals surface area (Å²) in [4.78, 5) is 26.2. The third kappa shape index (κ3) is 2.94. The van der Waals surface area contributed by atoms with Gasteiger partial charge >= 0.3 is 6.03 Å². The highest BCUT2D eigenvalue weighted by Crippen LogP contribution is 2.17. The van der Waals surface area contributed by atoms with Crippen molar-refractivity contribution in [1.82, 2.24) is 9.80 Å². The quantitative estimate of drug-likeness (QED) is 0.693. The molecule has 1 aliphatic rings. The molecule has 0 N–H and O–H groups in total. The minimum Gasteiger partial charge on any atom is -0.323 e. The molecular weight excluding hydrogens is 192 g/mol.